The van der Waals surface area contributed by atoms with Crippen molar-refractivity contribution in [3.8, 4) is 22.5 Å². The van der Waals surface area contributed by atoms with Crippen molar-refractivity contribution in [2.45, 2.75) is 19.9 Å². The molecule has 0 aliphatic carbocycles. The molecular formula is C27H20Cl2N2O2S. The Kier molecular flexibility index (Phi) is 5.94. The van der Waals surface area contributed by atoms with Gasteiger partial charge in [-0.05, 0) is 67.1 Å². The minimum absolute atomic E-state index is 0.176. The van der Waals surface area contributed by atoms with Crippen LogP contribution in [0.15, 0.2) is 72.8 Å². The second kappa shape index (κ2) is 8.91. The van der Waals surface area contributed by atoms with Crippen molar-refractivity contribution in [1.82, 2.24) is 9.78 Å². The third-order valence-electron chi connectivity index (χ3n) is 5.80. The molecule has 1 atom stereocenters. The van der Waals surface area contributed by atoms with E-state index in [0.717, 1.165) is 32.8 Å². The number of aromatic carboxylic acids is 1. The molecule has 0 saturated heterocycles. The van der Waals surface area contributed by atoms with Gasteiger partial charge in [0.15, 0.2) is 0 Å². The number of benzene rings is 3. The summed E-state index contributed by atoms with van der Waals surface area (Å²) >= 11 is 13.8. The van der Waals surface area contributed by atoms with Crippen LogP contribution in [0.5, 0.6) is 0 Å². The molecule has 1 unspecified atom stereocenters. The second-order valence-corrected chi connectivity index (χ2v) is 10.3. The molecule has 1 N–H and O–H groups in total. The monoisotopic (exact) mass is 506 g/mol. The quantitative estimate of drug-likeness (QED) is 0.260. The molecule has 0 radical (unpaired) electrons. The first-order valence-electron chi connectivity index (χ1n) is 10.7. The molecule has 0 saturated carbocycles. The molecule has 5 aromatic rings. The van der Waals surface area contributed by atoms with Gasteiger partial charge in [-0.3, -0.25) is 4.68 Å². The first kappa shape index (κ1) is 22.7. The number of rotatable bonds is 5. The number of carbonyl (C=O) groups is 1. The van der Waals surface area contributed by atoms with Crippen LogP contribution in [0.2, 0.25) is 10.0 Å². The molecule has 34 heavy (non-hydrogen) atoms. The Morgan fingerprint density at radius 2 is 1.62 bits per heavy atom. The van der Waals surface area contributed by atoms with E-state index in [1.165, 1.54) is 22.3 Å². The zero-order valence-corrected chi connectivity index (χ0v) is 20.7. The molecule has 2 heterocycles. The van der Waals surface area contributed by atoms with Gasteiger partial charge < -0.3 is 5.11 Å². The maximum Gasteiger partial charge on any atom is 0.345 e. The van der Waals surface area contributed by atoms with Gasteiger partial charge in [0.05, 0.1) is 17.4 Å². The lowest BCUT2D eigenvalue weighted by Gasteiger charge is -2.15. The van der Waals surface area contributed by atoms with Gasteiger partial charge >= 0.3 is 5.97 Å². The van der Waals surface area contributed by atoms with E-state index in [-0.39, 0.29) is 6.04 Å². The number of halogens is 2. The highest BCUT2D eigenvalue weighted by molar-refractivity contribution is 7.14. The van der Waals surface area contributed by atoms with E-state index in [9.17, 15) is 9.90 Å². The SMILES string of the molecule is Cc1ccc2cc(-c3cc(-c4cc(Cl)cc(Cl)c4)nn3C(C)c3ccc(C(=O)O)s3)ccc2c1. The second-order valence-electron chi connectivity index (χ2n) is 8.27. The molecule has 5 rings (SSSR count). The number of nitrogens with zero attached hydrogens (tertiary/aromatic N) is 2. The first-order valence-corrected chi connectivity index (χ1v) is 12.3. The summed E-state index contributed by atoms with van der Waals surface area (Å²) in [6.07, 6.45) is 0. The van der Waals surface area contributed by atoms with E-state index in [0.29, 0.717) is 14.9 Å². The van der Waals surface area contributed by atoms with Gasteiger partial charge in [0.2, 0.25) is 0 Å². The van der Waals surface area contributed by atoms with Crippen LogP contribution in [0.3, 0.4) is 0 Å². The van der Waals surface area contributed by atoms with Crippen LogP contribution in [0, 0.1) is 6.92 Å². The van der Waals surface area contributed by atoms with E-state index in [4.69, 9.17) is 28.3 Å². The normalized spacial score (nSPS) is 12.2. The summed E-state index contributed by atoms with van der Waals surface area (Å²) in [7, 11) is 0. The van der Waals surface area contributed by atoms with E-state index < -0.39 is 5.97 Å². The fourth-order valence-corrected chi connectivity index (χ4v) is 5.50. The third-order valence-corrected chi connectivity index (χ3v) is 7.48. The molecule has 0 spiro atoms. The van der Waals surface area contributed by atoms with E-state index in [2.05, 4.69) is 43.3 Å². The molecule has 4 nitrogen and oxygen atoms in total. The summed E-state index contributed by atoms with van der Waals surface area (Å²) in [6, 6.07) is 23.5. The lowest BCUT2D eigenvalue weighted by molar-refractivity contribution is 0.0702. The van der Waals surface area contributed by atoms with E-state index in [1.54, 1.807) is 12.1 Å². The van der Waals surface area contributed by atoms with Gasteiger partial charge in [-0.15, -0.1) is 11.3 Å². The molecular weight excluding hydrogens is 487 g/mol. The van der Waals surface area contributed by atoms with Crippen molar-refractivity contribution in [2.75, 3.05) is 0 Å². The highest BCUT2D eigenvalue weighted by Gasteiger charge is 2.20. The molecule has 170 valence electrons. The summed E-state index contributed by atoms with van der Waals surface area (Å²) < 4.78 is 1.94. The number of hydrogen-bond donors (Lipinski definition) is 1. The molecule has 0 fully saturated rings. The Hall–Kier alpha value is -3.12. The largest absolute Gasteiger partial charge is 0.477 e. The summed E-state index contributed by atoms with van der Waals surface area (Å²) in [5.74, 6) is -0.928. The Morgan fingerprint density at radius 1 is 0.912 bits per heavy atom. The van der Waals surface area contributed by atoms with Crippen LogP contribution < -0.4 is 0 Å². The molecule has 0 amide bonds. The maximum atomic E-state index is 11.4. The summed E-state index contributed by atoms with van der Waals surface area (Å²) in [5.41, 5.74) is 4.71. The first-order chi connectivity index (χ1) is 16.3. The number of carboxylic acid groups (broad SMARTS) is 1. The smallest absolute Gasteiger partial charge is 0.345 e. The van der Waals surface area contributed by atoms with Gasteiger partial charge in [0.25, 0.3) is 0 Å². The number of fused-ring (bicyclic) bond motifs is 1. The van der Waals surface area contributed by atoms with Gasteiger partial charge in [-0.25, -0.2) is 4.79 Å². The van der Waals surface area contributed by atoms with Gasteiger partial charge in [0, 0.05) is 26.0 Å². The third kappa shape index (κ3) is 4.34. The van der Waals surface area contributed by atoms with Gasteiger partial charge in [0.1, 0.15) is 4.88 Å². The Labute approximate surface area is 211 Å². The average Bonchev–Trinajstić information content (AvgIpc) is 3.46. The van der Waals surface area contributed by atoms with Crippen LogP contribution in [0.4, 0.5) is 0 Å². The van der Waals surface area contributed by atoms with Crippen molar-refractivity contribution in [1.29, 1.82) is 0 Å². The fourth-order valence-electron chi connectivity index (χ4n) is 4.09. The number of thiophene rings is 1. The van der Waals surface area contributed by atoms with Crippen molar-refractivity contribution in [3.05, 3.63) is 98.2 Å². The molecule has 3 aromatic carbocycles. The van der Waals surface area contributed by atoms with Crippen LogP contribution in [0.1, 0.15) is 33.1 Å². The van der Waals surface area contributed by atoms with E-state index in [1.807, 2.05) is 35.9 Å². The summed E-state index contributed by atoms with van der Waals surface area (Å²) in [6.45, 7) is 4.10. The minimum atomic E-state index is -0.928. The number of aryl methyl sites for hydroxylation is 1. The molecule has 7 heteroatoms. The van der Waals surface area contributed by atoms with Crippen molar-refractivity contribution in [3.63, 3.8) is 0 Å². The highest BCUT2D eigenvalue weighted by Crippen LogP contribution is 2.35. The van der Waals surface area contributed by atoms with E-state index >= 15 is 0 Å². The van der Waals surface area contributed by atoms with Crippen molar-refractivity contribution in [2.24, 2.45) is 0 Å². The Morgan fingerprint density at radius 3 is 2.32 bits per heavy atom. The molecule has 0 bridgehead atoms. The summed E-state index contributed by atoms with van der Waals surface area (Å²) in [5, 5.41) is 17.7. The standard InChI is InChI=1S/C27H20Cl2N2O2S/c1-15-3-4-18-10-19(6-5-17(18)9-15)24-14-23(20-11-21(28)13-22(29)12-20)30-31(24)16(2)25-7-8-26(34-25)27(32)33/h3-14,16H,1-2H3,(H,32,33). The average molecular weight is 507 g/mol. The topological polar surface area (TPSA) is 55.1 Å². The van der Waals surface area contributed by atoms with Crippen LogP contribution >= 0.6 is 34.5 Å². The minimum Gasteiger partial charge on any atom is -0.477 e. The molecule has 0 aliphatic rings. The van der Waals surface area contributed by atoms with Crippen molar-refractivity contribution >= 4 is 51.3 Å². The zero-order chi connectivity index (χ0) is 24.0. The fraction of sp³-hybridized carbons (Fsp3) is 0.111. The Bertz CT molecular complexity index is 1530. The molecule has 0 aliphatic heterocycles. The lowest BCUT2D eigenvalue weighted by Crippen LogP contribution is -2.09. The lowest BCUT2D eigenvalue weighted by atomic mass is 10.0. The van der Waals surface area contributed by atoms with Gasteiger partial charge in [-0.1, -0.05) is 59.1 Å². The summed E-state index contributed by atoms with van der Waals surface area (Å²) in [4.78, 5) is 12.6. The van der Waals surface area contributed by atoms with Crippen LogP contribution in [-0.2, 0) is 0 Å². The number of hydrogen-bond acceptors (Lipinski definition) is 3. The predicted molar refractivity (Wildman–Crippen MR) is 140 cm³/mol. The van der Waals surface area contributed by atoms with Gasteiger partial charge in [-0.2, -0.15) is 5.10 Å². The zero-order valence-electron chi connectivity index (χ0n) is 18.4. The number of carboxylic acids is 1. The predicted octanol–water partition coefficient (Wildman–Crippen LogP) is 8.35. The number of aromatic nitrogens is 2. The Balaban J connectivity index is 1.67. The molecule has 2 aromatic heterocycles. The highest BCUT2D eigenvalue weighted by atomic mass is 35.5. The van der Waals surface area contributed by atoms with Crippen LogP contribution in [0.25, 0.3) is 33.3 Å². The maximum absolute atomic E-state index is 11.4. The van der Waals surface area contributed by atoms with Crippen LogP contribution in [-0.4, -0.2) is 20.9 Å². The van der Waals surface area contributed by atoms with Crippen molar-refractivity contribution < 1.29 is 9.90 Å².